The number of rotatable bonds is 2. The Labute approximate surface area is 88.3 Å². The summed E-state index contributed by atoms with van der Waals surface area (Å²) in [5.41, 5.74) is 8.83. The molecule has 15 heavy (non-hydrogen) atoms. The molecule has 1 aromatic carbocycles. The Morgan fingerprint density at radius 1 is 1.47 bits per heavy atom. The largest absolute Gasteiger partial charge is 0.439 e. The number of nitrogens with two attached hydrogens (primary N) is 1. The van der Waals surface area contributed by atoms with Crippen molar-refractivity contribution in [1.29, 1.82) is 0 Å². The summed E-state index contributed by atoms with van der Waals surface area (Å²) in [4.78, 5) is 4.46. The fourth-order valence-electron chi connectivity index (χ4n) is 1.75. The molecule has 0 atom stereocenters. The summed E-state index contributed by atoms with van der Waals surface area (Å²) >= 11 is 0. The van der Waals surface area contributed by atoms with E-state index in [1.54, 1.807) is 0 Å². The molecule has 0 radical (unpaired) electrons. The molecule has 0 unspecified atom stereocenters. The van der Waals surface area contributed by atoms with Crippen LogP contribution in [0.25, 0.3) is 11.1 Å². The van der Waals surface area contributed by atoms with Crippen molar-refractivity contribution in [3.8, 4) is 0 Å². The molecule has 0 aliphatic heterocycles. The average molecular weight is 202 g/mol. The van der Waals surface area contributed by atoms with E-state index in [2.05, 4.69) is 24.0 Å². The van der Waals surface area contributed by atoms with Gasteiger partial charge in [-0.1, -0.05) is 13.0 Å². The summed E-state index contributed by atoms with van der Waals surface area (Å²) in [6.07, 6.45) is 2.99. The second-order valence-corrected chi connectivity index (χ2v) is 4.33. The first kappa shape index (κ1) is 8.92. The highest BCUT2D eigenvalue weighted by Crippen LogP contribution is 2.42. The minimum atomic E-state index is -0.272. The van der Waals surface area contributed by atoms with Crippen molar-refractivity contribution in [1.82, 2.24) is 4.98 Å². The molecule has 3 rings (SSSR count). The van der Waals surface area contributed by atoms with E-state index in [-0.39, 0.29) is 5.54 Å². The van der Waals surface area contributed by atoms with Gasteiger partial charge in [0.1, 0.15) is 5.52 Å². The summed E-state index contributed by atoms with van der Waals surface area (Å²) in [6.45, 7) is 2.13. The third-order valence-corrected chi connectivity index (χ3v) is 3.07. The molecule has 1 saturated carbocycles. The monoisotopic (exact) mass is 202 g/mol. The van der Waals surface area contributed by atoms with Crippen molar-refractivity contribution >= 4 is 11.1 Å². The minimum absolute atomic E-state index is 0.272. The zero-order valence-electron chi connectivity index (χ0n) is 8.79. The first-order chi connectivity index (χ1) is 7.21. The van der Waals surface area contributed by atoms with Gasteiger partial charge in [-0.3, -0.25) is 0 Å². The fraction of sp³-hybridized carbons (Fsp3) is 0.417. The van der Waals surface area contributed by atoms with Gasteiger partial charge in [-0.05, 0) is 37.0 Å². The van der Waals surface area contributed by atoms with Gasteiger partial charge in [-0.25, -0.2) is 4.98 Å². The van der Waals surface area contributed by atoms with Crippen molar-refractivity contribution in [3.63, 3.8) is 0 Å². The molecule has 1 fully saturated rings. The van der Waals surface area contributed by atoms with Crippen LogP contribution in [0, 0.1) is 0 Å². The van der Waals surface area contributed by atoms with Crippen LogP contribution in [0.3, 0.4) is 0 Å². The van der Waals surface area contributed by atoms with E-state index in [4.69, 9.17) is 10.2 Å². The van der Waals surface area contributed by atoms with E-state index in [0.29, 0.717) is 5.89 Å². The van der Waals surface area contributed by atoms with Gasteiger partial charge in [0.15, 0.2) is 5.58 Å². The first-order valence-electron chi connectivity index (χ1n) is 5.40. The molecular weight excluding hydrogens is 188 g/mol. The van der Waals surface area contributed by atoms with Gasteiger partial charge in [0.05, 0.1) is 5.54 Å². The van der Waals surface area contributed by atoms with Crippen LogP contribution >= 0.6 is 0 Å². The Morgan fingerprint density at radius 2 is 2.27 bits per heavy atom. The number of benzene rings is 1. The molecule has 78 valence electrons. The molecule has 1 aliphatic rings. The maximum absolute atomic E-state index is 6.05. The van der Waals surface area contributed by atoms with Crippen LogP contribution in [-0.2, 0) is 12.0 Å². The van der Waals surface area contributed by atoms with E-state index < -0.39 is 0 Å². The molecule has 2 aromatic rings. The van der Waals surface area contributed by atoms with Gasteiger partial charge in [-0.15, -0.1) is 0 Å². The number of hydrogen-bond donors (Lipinski definition) is 1. The summed E-state index contributed by atoms with van der Waals surface area (Å²) in [7, 11) is 0. The molecule has 1 heterocycles. The van der Waals surface area contributed by atoms with Crippen LogP contribution in [0.2, 0.25) is 0 Å². The van der Waals surface area contributed by atoms with Gasteiger partial charge in [0.25, 0.3) is 0 Å². The second-order valence-electron chi connectivity index (χ2n) is 4.33. The lowest BCUT2D eigenvalue weighted by atomic mass is 10.1. The van der Waals surface area contributed by atoms with Crippen molar-refractivity contribution in [3.05, 3.63) is 29.7 Å². The molecule has 0 spiro atoms. The molecule has 3 nitrogen and oxygen atoms in total. The SMILES string of the molecule is CCc1ccc2oc(C3(N)CC3)nc2c1. The molecular formula is C12H14N2O. The van der Waals surface area contributed by atoms with Crippen molar-refractivity contribution in [2.24, 2.45) is 5.73 Å². The quantitative estimate of drug-likeness (QED) is 0.813. The van der Waals surface area contributed by atoms with Gasteiger partial charge in [0, 0.05) is 0 Å². The second kappa shape index (κ2) is 2.83. The topological polar surface area (TPSA) is 52.0 Å². The lowest BCUT2D eigenvalue weighted by Gasteiger charge is -1.99. The lowest BCUT2D eigenvalue weighted by Crippen LogP contribution is -2.18. The van der Waals surface area contributed by atoms with Crippen LogP contribution in [-0.4, -0.2) is 4.98 Å². The lowest BCUT2D eigenvalue weighted by molar-refractivity contribution is 0.465. The average Bonchev–Trinajstić information content (AvgIpc) is 2.85. The highest BCUT2D eigenvalue weighted by atomic mass is 16.4. The Kier molecular flexibility index (Phi) is 1.68. The number of aryl methyl sites for hydroxylation is 1. The Hall–Kier alpha value is -1.35. The zero-order valence-corrected chi connectivity index (χ0v) is 8.79. The van der Waals surface area contributed by atoms with Gasteiger partial charge in [0.2, 0.25) is 5.89 Å². The van der Waals surface area contributed by atoms with Crippen LogP contribution in [0.4, 0.5) is 0 Å². The summed E-state index contributed by atoms with van der Waals surface area (Å²) in [6, 6.07) is 6.14. The summed E-state index contributed by atoms with van der Waals surface area (Å²) in [5.74, 6) is 0.700. The van der Waals surface area contributed by atoms with Gasteiger partial charge >= 0.3 is 0 Å². The third-order valence-electron chi connectivity index (χ3n) is 3.07. The van der Waals surface area contributed by atoms with Crippen molar-refractivity contribution in [2.75, 3.05) is 0 Å². The number of aromatic nitrogens is 1. The molecule has 1 aromatic heterocycles. The predicted molar refractivity (Wildman–Crippen MR) is 58.5 cm³/mol. The van der Waals surface area contributed by atoms with Crippen molar-refractivity contribution in [2.45, 2.75) is 31.7 Å². The number of hydrogen-bond acceptors (Lipinski definition) is 3. The van der Waals surface area contributed by atoms with Crippen LogP contribution in [0.5, 0.6) is 0 Å². The Balaban J connectivity index is 2.13. The number of oxazole rings is 1. The molecule has 2 N–H and O–H groups in total. The fourth-order valence-corrected chi connectivity index (χ4v) is 1.75. The molecule has 0 bridgehead atoms. The van der Waals surface area contributed by atoms with Crippen molar-refractivity contribution < 1.29 is 4.42 Å². The summed E-state index contributed by atoms with van der Waals surface area (Å²) < 4.78 is 5.66. The van der Waals surface area contributed by atoms with E-state index in [9.17, 15) is 0 Å². The van der Waals surface area contributed by atoms with E-state index in [1.165, 1.54) is 5.56 Å². The normalized spacial score (nSPS) is 18.3. The molecule has 1 aliphatic carbocycles. The minimum Gasteiger partial charge on any atom is -0.439 e. The zero-order chi connectivity index (χ0) is 10.5. The van der Waals surface area contributed by atoms with Crippen LogP contribution in [0.1, 0.15) is 31.2 Å². The smallest absolute Gasteiger partial charge is 0.215 e. The van der Waals surface area contributed by atoms with E-state index in [0.717, 1.165) is 30.4 Å². The maximum atomic E-state index is 6.05. The Morgan fingerprint density at radius 3 is 2.93 bits per heavy atom. The van der Waals surface area contributed by atoms with Crippen LogP contribution in [0.15, 0.2) is 22.6 Å². The standard InChI is InChI=1S/C12H14N2O/c1-2-8-3-4-10-9(7-8)14-11(15-10)12(13)5-6-12/h3-4,7H,2,5-6,13H2,1H3. The first-order valence-corrected chi connectivity index (χ1v) is 5.40. The van der Waals surface area contributed by atoms with Gasteiger partial charge in [-0.2, -0.15) is 0 Å². The highest BCUT2D eigenvalue weighted by Gasteiger charge is 2.44. The molecule has 0 saturated heterocycles. The molecule has 0 amide bonds. The van der Waals surface area contributed by atoms with E-state index >= 15 is 0 Å². The van der Waals surface area contributed by atoms with Gasteiger partial charge < -0.3 is 10.2 Å². The number of fused-ring (bicyclic) bond motifs is 1. The predicted octanol–water partition coefficient (Wildman–Crippen LogP) is 2.34. The van der Waals surface area contributed by atoms with E-state index in [1.807, 2.05) is 6.07 Å². The third kappa shape index (κ3) is 1.35. The highest BCUT2D eigenvalue weighted by molar-refractivity contribution is 5.73. The Bertz CT molecular complexity index is 511. The summed E-state index contributed by atoms with van der Waals surface area (Å²) in [5, 5.41) is 0. The van der Waals surface area contributed by atoms with Crippen LogP contribution < -0.4 is 5.73 Å². The number of nitrogens with zero attached hydrogens (tertiary/aromatic N) is 1. The molecule has 3 heteroatoms. The maximum Gasteiger partial charge on any atom is 0.215 e.